The summed E-state index contributed by atoms with van der Waals surface area (Å²) in [5, 5.41) is 11.4. The number of hydrogen-bond donors (Lipinski definition) is 2. The first kappa shape index (κ1) is 16.7. The second kappa shape index (κ2) is 6.92. The van der Waals surface area contributed by atoms with Gasteiger partial charge < -0.3 is 15.3 Å². The summed E-state index contributed by atoms with van der Waals surface area (Å²) in [6, 6.07) is -0.676. The highest BCUT2D eigenvalue weighted by Gasteiger charge is 2.31. The summed E-state index contributed by atoms with van der Waals surface area (Å²) in [5.74, 6) is -1.03. The van der Waals surface area contributed by atoms with Gasteiger partial charge in [0.2, 0.25) is 0 Å². The van der Waals surface area contributed by atoms with Gasteiger partial charge >= 0.3 is 12.0 Å². The number of sulfone groups is 1. The van der Waals surface area contributed by atoms with Crippen LogP contribution in [0.1, 0.15) is 26.7 Å². The summed E-state index contributed by atoms with van der Waals surface area (Å²) in [5.41, 5.74) is 0. The predicted octanol–water partition coefficient (Wildman–Crippen LogP) is 0.316. The lowest BCUT2D eigenvalue weighted by atomic mass is 10.0. The predicted molar refractivity (Wildman–Crippen MR) is 74.3 cm³/mol. The van der Waals surface area contributed by atoms with E-state index in [-0.39, 0.29) is 49.0 Å². The normalized spacial score (nSPS) is 23.1. The van der Waals surface area contributed by atoms with Gasteiger partial charge in [-0.3, -0.25) is 4.79 Å². The lowest BCUT2D eigenvalue weighted by molar-refractivity contribution is -0.138. The van der Waals surface area contributed by atoms with E-state index >= 15 is 0 Å². The highest BCUT2D eigenvalue weighted by atomic mass is 32.2. The van der Waals surface area contributed by atoms with Crippen LogP contribution in [0.4, 0.5) is 4.79 Å². The molecule has 0 radical (unpaired) electrons. The fourth-order valence-corrected chi connectivity index (χ4v) is 3.80. The van der Waals surface area contributed by atoms with Gasteiger partial charge in [-0.1, -0.05) is 13.3 Å². The summed E-state index contributed by atoms with van der Waals surface area (Å²) in [6.45, 7) is 4.04. The van der Waals surface area contributed by atoms with Crippen molar-refractivity contribution in [2.45, 2.75) is 32.7 Å². The van der Waals surface area contributed by atoms with Gasteiger partial charge in [0.15, 0.2) is 9.84 Å². The minimum Gasteiger partial charge on any atom is -0.481 e. The summed E-state index contributed by atoms with van der Waals surface area (Å²) < 4.78 is 22.9. The molecule has 0 aromatic heterocycles. The third-order valence-corrected chi connectivity index (χ3v) is 5.31. The summed E-state index contributed by atoms with van der Waals surface area (Å²) >= 11 is 0. The van der Waals surface area contributed by atoms with Crippen LogP contribution in [0.25, 0.3) is 0 Å². The standard InChI is InChI=1S/C12H22N2O5S/c1-3-10(6-11(15)16)7-13-12(17)14-4-5-20(18,19)8-9(14)2/h9-10H,3-8H2,1-2H3,(H,13,17)(H,15,16). The van der Waals surface area contributed by atoms with Crippen molar-refractivity contribution in [3.63, 3.8) is 0 Å². The maximum Gasteiger partial charge on any atom is 0.317 e. The van der Waals surface area contributed by atoms with Crippen LogP contribution in [-0.4, -0.2) is 61.1 Å². The first-order chi connectivity index (χ1) is 9.25. The van der Waals surface area contributed by atoms with E-state index in [9.17, 15) is 18.0 Å². The van der Waals surface area contributed by atoms with Crippen LogP contribution in [0.5, 0.6) is 0 Å². The smallest absolute Gasteiger partial charge is 0.317 e. The number of aliphatic carboxylic acids is 1. The Balaban J connectivity index is 2.48. The van der Waals surface area contributed by atoms with Crippen molar-refractivity contribution in [1.82, 2.24) is 10.2 Å². The van der Waals surface area contributed by atoms with Gasteiger partial charge in [0.25, 0.3) is 0 Å². The number of carbonyl (C=O) groups excluding carboxylic acids is 1. The third-order valence-electron chi connectivity index (χ3n) is 3.51. The molecule has 1 heterocycles. The molecule has 2 amide bonds. The van der Waals surface area contributed by atoms with Gasteiger partial charge in [-0.25, -0.2) is 13.2 Å². The average Bonchev–Trinajstić information content (AvgIpc) is 2.32. The SMILES string of the molecule is CCC(CNC(=O)N1CCS(=O)(=O)CC1C)CC(=O)O. The zero-order valence-electron chi connectivity index (χ0n) is 11.8. The molecule has 0 aromatic carbocycles. The van der Waals surface area contributed by atoms with E-state index in [0.29, 0.717) is 6.42 Å². The lowest BCUT2D eigenvalue weighted by Crippen LogP contribution is -2.53. The molecule has 0 spiro atoms. The number of rotatable bonds is 5. The molecule has 1 fully saturated rings. The number of nitrogens with zero attached hydrogens (tertiary/aromatic N) is 1. The molecule has 1 rings (SSSR count). The number of urea groups is 1. The maximum atomic E-state index is 12.0. The van der Waals surface area contributed by atoms with E-state index in [1.165, 1.54) is 4.90 Å². The van der Waals surface area contributed by atoms with Crippen molar-refractivity contribution in [1.29, 1.82) is 0 Å². The van der Waals surface area contributed by atoms with Crippen LogP contribution >= 0.6 is 0 Å². The molecular formula is C12H22N2O5S. The lowest BCUT2D eigenvalue weighted by Gasteiger charge is -2.33. The highest BCUT2D eigenvalue weighted by Crippen LogP contribution is 2.12. The van der Waals surface area contributed by atoms with Gasteiger partial charge in [-0.15, -0.1) is 0 Å². The molecule has 1 aliphatic rings. The van der Waals surface area contributed by atoms with Crippen LogP contribution in [0.2, 0.25) is 0 Å². The molecule has 116 valence electrons. The Bertz CT molecular complexity index is 462. The van der Waals surface area contributed by atoms with Crippen molar-refractivity contribution in [2.75, 3.05) is 24.6 Å². The minimum atomic E-state index is -3.05. The fraction of sp³-hybridized carbons (Fsp3) is 0.833. The van der Waals surface area contributed by atoms with Crippen LogP contribution in [0.15, 0.2) is 0 Å². The van der Waals surface area contributed by atoms with E-state index < -0.39 is 15.8 Å². The Morgan fingerprint density at radius 3 is 2.60 bits per heavy atom. The summed E-state index contributed by atoms with van der Waals surface area (Å²) in [4.78, 5) is 24.1. The van der Waals surface area contributed by atoms with Gasteiger partial charge in [0, 0.05) is 25.6 Å². The average molecular weight is 306 g/mol. The first-order valence-electron chi connectivity index (χ1n) is 6.72. The molecule has 8 heteroatoms. The van der Waals surface area contributed by atoms with E-state index in [1.54, 1.807) is 6.92 Å². The summed E-state index contributed by atoms with van der Waals surface area (Å²) in [7, 11) is -3.05. The number of carboxylic acid groups (broad SMARTS) is 1. The van der Waals surface area contributed by atoms with Crippen molar-refractivity contribution < 1.29 is 23.1 Å². The second-order valence-corrected chi connectivity index (χ2v) is 7.44. The Morgan fingerprint density at radius 1 is 1.45 bits per heavy atom. The van der Waals surface area contributed by atoms with Gasteiger partial charge in [0.1, 0.15) is 0 Å². The molecule has 2 N–H and O–H groups in total. The molecule has 2 atom stereocenters. The van der Waals surface area contributed by atoms with Gasteiger partial charge in [0.05, 0.1) is 11.5 Å². The maximum absolute atomic E-state index is 12.0. The van der Waals surface area contributed by atoms with E-state index in [4.69, 9.17) is 5.11 Å². The molecule has 0 saturated carbocycles. The minimum absolute atomic E-state index is 0.0146. The Morgan fingerprint density at radius 2 is 2.10 bits per heavy atom. The number of carboxylic acids is 1. The Kier molecular flexibility index (Phi) is 5.79. The highest BCUT2D eigenvalue weighted by molar-refractivity contribution is 7.91. The zero-order chi connectivity index (χ0) is 15.3. The molecule has 1 saturated heterocycles. The Hall–Kier alpha value is -1.31. The van der Waals surface area contributed by atoms with Crippen molar-refractivity contribution in [3.8, 4) is 0 Å². The molecule has 0 bridgehead atoms. The molecule has 7 nitrogen and oxygen atoms in total. The Labute approximate surface area is 119 Å². The molecular weight excluding hydrogens is 284 g/mol. The monoisotopic (exact) mass is 306 g/mol. The quantitative estimate of drug-likeness (QED) is 0.761. The largest absolute Gasteiger partial charge is 0.481 e. The number of carbonyl (C=O) groups is 2. The van der Waals surface area contributed by atoms with Gasteiger partial charge in [-0.05, 0) is 12.8 Å². The summed E-state index contributed by atoms with van der Waals surface area (Å²) in [6.07, 6.45) is 0.678. The molecule has 0 aliphatic carbocycles. The fourth-order valence-electron chi connectivity index (χ4n) is 2.24. The molecule has 1 aliphatic heterocycles. The van der Waals surface area contributed by atoms with E-state index in [2.05, 4.69) is 5.32 Å². The van der Waals surface area contributed by atoms with Crippen molar-refractivity contribution in [2.24, 2.45) is 5.92 Å². The van der Waals surface area contributed by atoms with Crippen LogP contribution in [0.3, 0.4) is 0 Å². The van der Waals surface area contributed by atoms with Crippen LogP contribution in [0, 0.1) is 5.92 Å². The van der Waals surface area contributed by atoms with E-state index in [1.807, 2.05) is 6.92 Å². The molecule has 20 heavy (non-hydrogen) atoms. The topological polar surface area (TPSA) is 104 Å². The van der Waals surface area contributed by atoms with Crippen molar-refractivity contribution in [3.05, 3.63) is 0 Å². The number of amides is 2. The van der Waals surface area contributed by atoms with Gasteiger partial charge in [-0.2, -0.15) is 0 Å². The number of nitrogens with one attached hydrogen (secondary N) is 1. The first-order valence-corrected chi connectivity index (χ1v) is 8.54. The van der Waals surface area contributed by atoms with E-state index in [0.717, 1.165) is 0 Å². The molecule has 0 aromatic rings. The second-order valence-electron chi connectivity index (χ2n) is 5.21. The van der Waals surface area contributed by atoms with Crippen LogP contribution in [-0.2, 0) is 14.6 Å². The van der Waals surface area contributed by atoms with Crippen molar-refractivity contribution >= 4 is 21.8 Å². The zero-order valence-corrected chi connectivity index (χ0v) is 12.6. The van der Waals surface area contributed by atoms with Crippen LogP contribution < -0.4 is 5.32 Å². The molecule has 2 unspecified atom stereocenters. The number of hydrogen-bond acceptors (Lipinski definition) is 4. The third kappa shape index (κ3) is 4.99.